The van der Waals surface area contributed by atoms with Crippen LogP contribution in [0.1, 0.15) is 20.8 Å². The molecule has 0 radical (unpaired) electrons. The first-order valence-electron chi connectivity index (χ1n) is 4.38. The van der Waals surface area contributed by atoms with Crippen LogP contribution in [0.3, 0.4) is 0 Å². The Kier molecular flexibility index (Phi) is 8.83. The summed E-state index contributed by atoms with van der Waals surface area (Å²) in [6, 6.07) is 0. The molecule has 0 heterocycles. The van der Waals surface area contributed by atoms with Gasteiger partial charge in [0.2, 0.25) is 0 Å². The van der Waals surface area contributed by atoms with Crippen LogP contribution in [0, 0.1) is 0 Å². The Morgan fingerprint density at radius 3 is 1.85 bits per heavy atom. The van der Waals surface area contributed by atoms with Crippen LogP contribution in [-0.4, -0.2) is 36.2 Å². The maximum atomic E-state index is 10.5. The van der Waals surface area contributed by atoms with E-state index in [0.29, 0.717) is 6.67 Å². The van der Waals surface area contributed by atoms with E-state index < -0.39 is 5.37 Å². The van der Waals surface area contributed by atoms with E-state index in [-0.39, 0.29) is 12.4 Å². The predicted molar refractivity (Wildman–Crippen MR) is 51.1 cm³/mol. The summed E-state index contributed by atoms with van der Waals surface area (Å²) >= 11 is 5.19. The highest BCUT2D eigenvalue weighted by molar-refractivity contribution is 6.62. The molecule has 0 aliphatic carbocycles. The summed E-state index contributed by atoms with van der Waals surface area (Å²) in [5, 5.41) is 2.17. The molecule has 0 fully saturated rings. The number of quaternary nitrogens is 1. The fourth-order valence-electron chi connectivity index (χ4n) is 1.24. The molecule has 0 rings (SSSR count). The number of nitrogens with one attached hydrogen (secondary N) is 1. The van der Waals surface area contributed by atoms with Crippen molar-refractivity contribution in [3.63, 3.8) is 0 Å². The van der Waals surface area contributed by atoms with Crippen molar-refractivity contribution in [3.8, 4) is 0 Å². The van der Waals surface area contributed by atoms with Crippen molar-refractivity contribution >= 4 is 17.0 Å². The van der Waals surface area contributed by atoms with Gasteiger partial charge in [0, 0.05) is 0 Å². The minimum Gasteiger partial charge on any atom is -1.00 e. The Bertz CT molecular complexity index is 141. The number of rotatable bonds is 5. The van der Waals surface area contributed by atoms with Gasteiger partial charge in [0.25, 0.3) is 0 Å². The topological polar surface area (TPSA) is 29.1 Å². The molecule has 1 N–H and O–H groups in total. The average Bonchev–Trinajstić information content (AvgIpc) is 2.08. The minimum absolute atomic E-state index is 0. The first kappa shape index (κ1) is 15.5. The van der Waals surface area contributed by atoms with Gasteiger partial charge in [-0.3, -0.25) is 10.1 Å². The van der Waals surface area contributed by atoms with Gasteiger partial charge in [-0.2, -0.15) is 0 Å². The minimum atomic E-state index is -0.465. The molecule has 1 amide bonds. The van der Waals surface area contributed by atoms with Gasteiger partial charge >= 0.3 is 5.37 Å². The highest BCUT2D eigenvalue weighted by atomic mass is 35.5. The predicted octanol–water partition coefficient (Wildman–Crippen LogP) is -1.23. The van der Waals surface area contributed by atoms with E-state index in [4.69, 9.17) is 11.6 Å². The molecule has 13 heavy (non-hydrogen) atoms. The third-order valence-corrected chi connectivity index (χ3v) is 2.70. The lowest BCUT2D eigenvalue weighted by Gasteiger charge is -2.35. The molecule has 0 aromatic heterocycles. The molecular weight excluding hydrogens is 211 g/mol. The van der Waals surface area contributed by atoms with E-state index in [1.807, 2.05) is 0 Å². The van der Waals surface area contributed by atoms with E-state index >= 15 is 0 Å². The number of carbonyl (C=O) groups is 1. The van der Waals surface area contributed by atoms with Gasteiger partial charge in [-0.15, -0.1) is 0 Å². The second kappa shape index (κ2) is 7.42. The first-order chi connectivity index (χ1) is 5.60. The van der Waals surface area contributed by atoms with Crippen molar-refractivity contribution in [1.82, 2.24) is 5.32 Å². The molecule has 0 saturated heterocycles. The Labute approximate surface area is 91.4 Å². The molecule has 0 unspecified atom stereocenters. The molecule has 0 aromatic rings. The van der Waals surface area contributed by atoms with E-state index in [9.17, 15) is 4.79 Å². The molecule has 0 aliphatic heterocycles. The lowest BCUT2D eigenvalue weighted by molar-refractivity contribution is -0.924. The van der Waals surface area contributed by atoms with Crippen LogP contribution in [0.2, 0.25) is 0 Å². The van der Waals surface area contributed by atoms with Gasteiger partial charge < -0.3 is 16.9 Å². The van der Waals surface area contributed by atoms with Gasteiger partial charge in [0.1, 0.15) is 0 Å². The van der Waals surface area contributed by atoms with Crippen molar-refractivity contribution in [3.05, 3.63) is 0 Å². The lowest BCUT2D eigenvalue weighted by atomic mass is 10.4. The van der Waals surface area contributed by atoms with Gasteiger partial charge in [-0.25, -0.2) is 0 Å². The van der Waals surface area contributed by atoms with Crippen molar-refractivity contribution in [1.29, 1.82) is 0 Å². The molecule has 3 nitrogen and oxygen atoms in total. The SMILES string of the molecule is CC[N+](CC)(CC)CNC(=O)Cl.[Cl-]. The number of nitrogens with zero attached hydrogens (tertiary/aromatic N) is 1. The highest BCUT2D eigenvalue weighted by Gasteiger charge is 2.20. The Hall–Kier alpha value is 0.01000. The number of carbonyl (C=O) groups excluding carboxylic acids is 1. The molecule has 0 atom stereocenters. The normalized spacial score (nSPS) is 10.5. The number of amides is 1. The summed E-state index contributed by atoms with van der Waals surface area (Å²) in [5.74, 6) is 0. The molecule has 0 spiro atoms. The lowest BCUT2D eigenvalue weighted by Crippen LogP contribution is -3.00. The first-order valence-corrected chi connectivity index (χ1v) is 4.76. The third kappa shape index (κ3) is 5.34. The van der Waals surface area contributed by atoms with Gasteiger partial charge in [0.15, 0.2) is 6.67 Å². The van der Waals surface area contributed by atoms with E-state index in [0.717, 1.165) is 24.1 Å². The van der Waals surface area contributed by atoms with Crippen molar-refractivity contribution in [2.75, 3.05) is 26.3 Å². The standard InChI is InChI=1S/C8H17ClN2O.ClH/c1-4-11(5-2,6-3)7-10-8(9)12;/h4-7H2,1-3H3;1H. The van der Waals surface area contributed by atoms with E-state index in [1.54, 1.807) is 0 Å². The van der Waals surface area contributed by atoms with Crippen molar-refractivity contribution in [2.45, 2.75) is 20.8 Å². The largest absolute Gasteiger partial charge is 1.00 e. The van der Waals surface area contributed by atoms with Crippen LogP contribution < -0.4 is 17.7 Å². The van der Waals surface area contributed by atoms with Crippen molar-refractivity contribution in [2.24, 2.45) is 0 Å². The molecular formula is C8H18Cl2N2O. The van der Waals surface area contributed by atoms with Crippen molar-refractivity contribution < 1.29 is 21.7 Å². The van der Waals surface area contributed by atoms with E-state index in [1.165, 1.54) is 0 Å². The summed E-state index contributed by atoms with van der Waals surface area (Å²) in [7, 11) is 0. The monoisotopic (exact) mass is 228 g/mol. The number of hydrogen-bond donors (Lipinski definition) is 1. The van der Waals surface area contributed by atoms with E-state index in [2.05, 4.69) is 26.1 Å². The summed E-state index contributed by atoms with van der Waals surface area (Å²) in [4.78, 5) is 10.5. The molecule has 0 aromatic carbocycles. The second-order valence-electron chi connectivity index (χ2n) is 2.90. The summed E-state index contributed by atoms with van der Waals surface area (Å²) in [6.07, 6.45) is 0. The zero-order valence-electron chi connectivity index (χ0n) is 8.44. The second-order valence-corrected chi connectivity index (χ2v) is 3.24. The summed E-state index contributed by atoms with van der Waals surface area (Å²) in [6.45, 7) is 10.0. The van der Waals surface area contributed by atoms with Crippen LogP contribution in [0.4, 0.5) is 4.79 Å². The highest BCUT2D eigenvalue weighted by Crippen LogP contribution is 2.03. The smallest absolute Gasteiger partial charge is 0.318 e. The Morgan fingerprint density at radius 1 is 1.23 bits per heavy atom. The molecule has 5 heteroatoms. The zero-order valence-corrected chi connectivity index (χ0v) is 9.95. The van der Waals surface area contributed by atoms with Crippen LogP contribution in [-0.2, 0) is 0 Å². The Morgan fingerprint density at radius 2 is 1.62 bits per heavy atom. The fourth-order valence-corrected chi connectivity index (χ4v) is 1.30. The maximum Gasteiger partial charge on any atom is 0.318 e. The molecule has 0 saturated carbocycles. The number of halogens is 2. The fraction of sp³-hybridized carbons (Fsp3) is 0.875. The quantitative estimate of drug-likeness (QED) is 0.272. The van der Waals surface area contributed by atoms with Gasteiger partial charge in [0.05, 0.1) is 19.6 Å². The van der Waals surface area contributed by atoms with Gasteiger partial charge in [-0.05, 0) is 32.4 Å². The van der Waals surface area contributed by atoms with Crippen LogP contribution >= 0.6 is 11.6 Å². The molecule has 80 valence electrons. The molecule has 0 bridgehead atoms. The number of hydrogen-bond acceptors (Lipinski definition) is 1. The van der Waals surface area contributed by atoms with Crippen LogP contribution in [0.5, 0.6) is 0 Å². The maximum absolute atomic E-state index is 10.5. The van der Waals surface area contributed by atoms with Crippen LogP contribution in [0.25, 0.3) is 0 Å². The van der Waals surface area contributed by atoms with Gasteiger partial charge in [-0.1, -0.05) is 0 Å². The summed E-state index contributed by atoms with van der Waals surface area (Å²) < 4.78 is 0.887. The van der Waals surface area contributed by atoms with Crippen LogP contribution in [0.15, 0.2) is 0 Å². The third-order valence-electron chi connectivity index (χ3n) is 2.57. The Balaban J connectivity index is 0. The average molecular weight is 229 g/mol. The summed E-state index contributed by atoms with van der Waals surface area (Å²) in [5.41, 5.74) is 0. The zero-order chi connectivity index (χ0) is 9.61. The molecule has 0 aliphatic rings.